The van der Waals surface area contributed by atoms with Crippen LogP contribution in [-0.4, -0.2) is 25.3 Å². The van der Waals surface area contributed by atoms with Crippen LogP contribution < -0.4 is 0 Å². The molecule has 1 saturated carbocycles. The maximum Gasteiger partial charge on any atom is 0.309 e. The maximum absolute atomic E-state index is 12.0. The van der Waals surface area contributed by atoms with Crippen LogP contribution in [-0.2, 0) is 14.3 Å². The molecule has 16 heavy (non-hydrogen) atoms. The van der Waals surface area contributed by atoms with E-state index in [2.05, 4.69) is 6.92 Å². The van der Waals surface area contributed by atoms with Gasteiger partial charge < -0.3 is 9.47 Å². The van der Waals surface area contributed by atoms with E-state index in [1.54, 1.807) is 7.11 Å². The molecule has 1 rings (SSSR count). The van der Waals surface area contributed by atoms with Crippen LogP contribution in [0.4, 0.5) is 0 Å². The number of carbonyl (C=O) groups excluding carboxylic acids is 1. The minimum atomic E-state index is -0.0383. The van der Waals surface area contributed by atoms with Gasteiger partial charge in [-0.3, -0.25) is 4.79 Å². The number of esters is 1. The summed E-state index contributed by atoms with van der Waals surface area (Å²) < 4.78 is 10.8. The van der Waals surface area contributed by atoms with E-state index in [-0.39, 0.29) is 24.1 Å². The Morgan fingerprint density at radius 2 is 2.12 bits per heavy atom. The van der Waals surface area contributed by atoms with Gasteiger partial charge in [-0.2, -0.15) is 0 Å². The van der Waals surface area contributed by atoms with Gasteiger partial charge in [-0.1, -0.05) is 13.8 Å². The van der Waals surface area contributed by atoms with Crippen molar-refractivity contribution in [1.29, 1.82) is 0 Å². The molecule has 0 aromatic heterocycles. The molecular weight excluding hydrogens is 204 g/mol. The summed E-state index contributed by atoms with van der Waals surface area (Å²) in [4.78, 5) is 12.0. The summed E-state index contributed by atoms with van der Waals surface area (Å²) in [6, 6.07) is 0. The van der Waals surface area contributed by atoms with Gasteiger partial charge in [0.05, 0.1) is 18.1 Å². The second-order valence-electron chi connectivity index (χ2n) is 4.91. The van der Waals surface area contributed by atoms with Gasteiger partial charge in [0, 0.05) is 7.11 Å². The summed E-state index contributed by atoms with van der Waals surface area (Å²) >= 11 is 0. The van der Waals surface area contributed by atoms with Gasteiger partial charge in [-0.15, -0.1) is 0 Å². The van der Waals surface area contributed by atoms with Crippen LogP contribution in [0.15, 0.2) is 0 Å². The van der Waals surface area contributed by atoms with Gasteiger partial charge in [0.2, 0.25) is 0 Å². The smallest absolute Gasteiger partial charge is 0.309 e. The van der Waals surface area contributed by atoms with Crippen LogP contribution in [0.3, 0.4) is 0 Å². The van der Waals surface area contributed by atoms with Crippen molar-refractivity contribution in [2.45, 2.75) is 58.7 Å². The quantitative estimate of drug-likeness (QED) is 0.694. The summed E-state index contributed by atoms with van der Waals surface area (Å²) in [5, 5.41) is 0. The van der Waals surface area contributed by atoms with Crippen molar-refractivity contribution in [2.24, 2.45) is 11.8 Å². The largest absolute Gasteiger partial charge is 0.462 e. The van der Waals surface area contributed by atoms with E-state index in [1.807, 2.05) is 13.8 Å². The van der Waals surface area contributed by atoms with Crippen molar-refractivity contribution < 1.29 is 14.3 Å². The van der Waals surface area contributed by atoms with Crippen molar-refractivity contribution in [2.75, 3.05) is 7.11 Å². The Morgan fingerprint density at radius 1 is 1.44 bits per heavy atom. The van der Waals surface area contributed by atoms with Crippen LogP contribution in [0.2, 0.25) is 0 Å². The summed E-state index contributed by atoms with van der Waals surface area (Å²) in [5.41, 5.74) is 0. The van der Waals surface area contributed by atoms with E-state index in [1.165, 1.54) is 0 Å². The molecule has 1 aliphatic carbocycles. The summed E-state index contributed by atoms with van der Waals surface area (Å²) in [7, 11) is 1.72. The predicted octanol–water partition coefficient (Wildman–Crippen LogP) is 2.78. The first kappa shape index (κ1) is 13.5. The summed E-state index contributed by atoms with van der Waals surface area (Å²) in [6.45, 7) is 6.10. The molecule has 3 heteroatoms. The van der Waals surface area contributed by atoms with Crippen LogP contribution >= 0.6 is 0 Å². The number of rotatable bonds is 4. The van der Waals surface area contributed by atoms with Crippen molar-refractivity contribution in [3.63, 3.8) is 0 Å². The number of ether oxygens (including phenoxy) is 2. The Hall–Kier alpha value is -0.570. The monoisotopic (exact) mass is 228 g/mol. The lowest BCUT2D eigenvalue weighted by molar-refractivity contribution is -0.158. The standard InChI is InChI=1S/C13H24O3/c1-5-10(3)16-13(14)12-8-11(15-4)7-6-9(12)2/h9-12H,5-8H2,1-4H3. The number of hydrogen-bond acceptors (Lipinski definition) is 3. The molecule has 0 amide bonds. The predicted molar refractivity (Wildman–Crippen MR) is 63.1 cm³/mol. The lowest BCUT2D eigenvalue weighted by Crippen LogP contribution is -2.35. The van der Waals surface area contributed by atoms with E-state index < -0.39 is 0 Å². The molecule has 3 nitrogen and oxygen atoms in total. The Bertz CT molecular complexity index is 227. The van der Waals surface area contributed by atoms with Gasteiger partial charge in [-0.05, 0) is 38.5 Å². The van der Waals surface area contributed by atoms with Crippen LogP contribution in [0.1, 0.15) is 46.5 Å². The van der Waals surface area contributed by atoms with Gasteiger partial charge in [0.25, 0.3) is 0 Å². The average molecular weight is 228 g/mol. The normalized spacial score (nSPS) is 32.1. The molecule has 1 fully saturated rings. The van der Waals surface area contributed by atoms with Crippen LogP contribution in [0.5, 0.6) is 0 Å². The molecule has 0 saturated heterocycles. The zero-order valence-electron chi connectivity index (χ0n) is 10.9. The molecule has 0 radical (unpaired) electrons. The highest BCUT2D eigenvalue weighted by Gasteiger charge is 2.34. The van der Waals surface area contributed by atoms with Gasteiger partial charge >= 0.3 is 5.97 Å². The molecule has 0 N–H and O–H groups in total. The van der Waals surface area contributed by atoms with Crippen molar-refractivity contribution in [3.8, 4) is 0 Å². The third-order valence-electron chi connectivity index (χ3n) is 3.68. The second kappa shape index (κ2) is 6.24. The zero-order chi connectivity index (χ0) is 12.1. The molecular formula is C13H24O3. The van der Waals surface area contributed by atoms with Gasteiger partial charge in [-0.25, -0.2) is 0 Å². The molecule has 4 atom stereocenters. The summed E-state index contributed by atoms with van der Waals surface area (Å²) in [6.07, 6.45) is 4.06. The van der Waals surface area contributed by atoms with E-state index in [0.717, 1.165) is 25.7 Å². The number of carbonyl (C=O) groups is 1. The first-order valence-corrected chi connectivity index (χ1v) is 6.31. The fourth-order valence-corrected chi connectivity index (χ4v) is 2.19. The van der Waals surface area contributed by atoms with Gasteiger partial charge in [0.15, 0.2) is 0 Å². The SMILES string of the molecule is CCC(C)OC(=O)C1CC(OC)CCC1C. The molecule has 1 aliphatic rings. The first-order valence-electron chi connectivity index (χ1n) is 6.31. The van der Waals surface area contributed by atoms with Crippen molar-refractivity contribution in [3.05, 3.63) is 0 Å². The Balaban J connectivity index is 2.51. The molecule has 0 heterocycles. The van der Waals surface area contributed by atoms with Crippen LogP contribution in [0, 0.1) is 11.8 Å². The lowest BCUT2D eigenvalue weighted by Gasteiger charge is -2.32. The van der Waals surface area contributed by atoms with Crippen molar-refractivity contribution in [1.82, 2.24) is 0 Å². The average Bonchev–Trinajstić information content (AvgIpc) is 2.29. The zero-order valence-corrected chi connectivity index (χ0v) is 10.9. The van der Waals surface area contributed by atoms with Crippen molar-refractivity contribution >= 4 is 5.97 Å². The van der Waals surface area contributed by atoms with Gasteiger partial charge in [0.1, 0.15) is 0 Å². The fraction of sp³-hybridized carbons (Fsp3) is 0.923. The topological polar surface area (TPSA) is 35.5 Å². The Labute approximate surface area is 98.5 Å². The molecule has 0 aromatic carbocycles. The maximum atomic E-state index is 12.0. The Kier molecular flexibility index (Phi) is 5.26. The number of hydrogen-bond donors (Lipinski definition) is 0. The fourth-order valence-electron chi connectivity index (χ4n) is 2.19. The molecule has 0 bridgehead atoms. The molecule has 0 aliphatic heterocycles. The van der Waals surface area contributed by atoms with Crippen LogP contribution in [0.25, 0.3) is 0 Å². The van der Waals surface area contributed by atoms with E-state index in [9.17, 15) is 4.79 Å². The van der Waals surface area contributed by atoms with E-state index in [4.69, 9.17) is 9.47 Å². The second-order valence-corrected chi connectivity index (χ2v) is 4.91. The number of methoxy groups -OCH3 is 1. The highest BCUT2D eigenvalue weighted by Crippen LogP contribution is 2.32. The summed E-state index contributed by atoms with van der Waals surface area (Å²) in [5.74, 6) is 0.402. The molecule has 0 aromatic rings. The molecule has 4 unspecified atom stereocenters. The molecule has 0 spiro atoms. The minimum Gasteiger partial charge on any atom is -0.462 e. The lowest BCUT2D eigenvalue weighted by atomic mass is 9.79. The van der Waals surface area contributed by atoms with E-state index in [0.29, 0.717) is 5.92 Å². The highest BCUT2D eigenvalue weighted by molar-refractivity contribution is 5.73. The molecule has 94 valence electrons. The minimum absolute atomic E-state index is 0.0210. The van der Waals surface area contributed by atoms with E-state index >= 15 is 0 Å². The third-order valence-corrected chi connectivity index (χ3v) is 3.68. The first-order chi connectivity index (χ1) is 7.58. The third kappa shape index (κ3) is 3.48. The Morgan fingerprint density at radius 3 is 2.69 bits per heavy atom. The highest BCUT2D eigenvalue weighted by atomic mass is 16.5.